The number of aliphatic hydroxyl groups excluding tert-OH is 1. The van der Waals surface area contributed by atoms with Gasteiger partial charge in [-0.1, -0.05) is 0 Å². The summed E-state index contributed by atoms with van der Waals surface area (Å²) in [7, 11) is 0. The number of hydrogen-bond donors (Lipinski definition) is 1. The monoisotopic (exact) mass is 284 g/mol. The van der Waals surface area contributed by atoms with Crippen LogP contribution in [0.5, 0.6) is 5.75 Å². The lowest BCUT2D eigenvalue weighted by atomic mass is 10.4. The molecule has 3 nitrogen and oxygen atoms in total. The van der Waals surface area contributed by atoms with E-state index in [-0.39, 0.29) is 6.61 Å². The fourth-order valence-electron chi connectivity index (χ4n) is 0.643. The van der Waals surface area contributed by atoms with Crippen molar-refractivity contribution < 1.29 is 14.6 Å². The Morgan fingerprint density at radius 2 is 2.55 bits per heavy atom. The normalized spacial score (nSPS) is 9.64. The maximum atomic E-state index is 9.95. The maximum absolute atomic E-state index is 9.95. The molecule has 0 aliphatic rings. The molecule has 0 spiro atoms. The Kier molecular flexibility index (Phi) is 3.28. The minimum absolute atomic E-state index is 0.0865. The molecule has 0 saturated carbocycles. The Labute approximate surface area is 81.1 Å². The van der Waals surface area contributed by atoms with Crippen molar-refractivity contribution in [2.75, 3.05) is 0 Å². The van der Waals surface area contributed by atoms with Gasteiger partial charge >= 0.3 is 0 Å². The van der Waals surface area contributed by atoms with Crippen LogP contribution in [0.15, 0.2) is 6.07 Å². The molecule has 0 bridgehead atoms. The smallest absolute Gasteiger partial charge is 0.298 e. The van der Waals surface area contributed by atoms with Crippen LogP contribution in [0.4, 0.5) is 0 Å². The topological polar surface area (TPSA) is 46.5 Å². The lowest BCUT2D eigenvalue weighted by Gasteiger charge is -1.93. The molecule has 0 unspecified atom stereocenters. The highest BCUT2D eigenvalue weighted by atomic mass is 127. The predicted octanol–water partition coefficient (Wildman–Crippen LogP) is 1.38. The molecule has 1 rings (SSSR count). The van der Waals surface area contributed by atoms with Gasteiger partial charge in [0.05, 0.1) is 14.4 Å². The summed E-state index contributed by atoms with van der Waals surface area (Å²) in [4.78, 5) is 10.6. The third-order valence-electron chi connectivity index (χ3n) is 1.06. The number of carbonyl (C=O) groups is 1. The van der Waals surface area contributed by atoms with E-state index in [0.29, 0.717) is 17.1 Å². The highest BCUT2D eigenvalue weighted by Gasteiger charge is 2.06. The van der Waals surface area contributed by atoms with Gasteiger partial charge in [-0.05, 0) is 22.6 Å². The molecule has 1 aromatic rings. The van der Waals surface area contributed by atoms with Crippen molar-refractivity contribution in [1.29, 1.82) is 0 Å². The van der Waals surface area contributed by atoms with E-state index in [1.807, 2.05) is 0 Å². The van der Waals surface area contributed by atoms with E-state index in [1.54, 1.807) is 6.07 Å². The van der Waals surface area contributed by atoms with E-state index in [4.69, 9.17) is 5.11 Å². The Hall–Kier alpha value is -0.140. The van der Waals surface area contributed by atoms with Crippen molar-refractivity contribution in [3.63, 3.8) is 0 Å². The first-order chi connectivity index (χ1) is 5.27. The average molecular weight is 284 g/mol. The fraction of sp³-hybridized carbons (Fsp3) is 0.167. The van der Waals surface area contributed by atoms with Crippen molar-refractivity contribution >= 4 is 40.4 Å². The van der Waals surface area contributed by atoms with Crippen LogP contribution in [0, 0.1) is 2.88 Å². The van der Waals surface area contributed by atoms with Crippen molar-refractivity contribution in [2.45, 2.75) is 6.61 Å². The zero-order chi connectivity index (χ0) is 8.27. The molecule has 0 radical (unpaired) electrons. The molecule has 0 aliphatic carbocycles. The van der Waals surface area contributed by atoms with E-state index in [9.17, 15) is 4.79 Å². The van der Waals surface area contributed by atoms with Gasteiger partial charge < -0.3 is 9.84 Å². The lowest BCUT2D eigenvalue weighted by molar-refractivity contribution is -0.120. The predicted molar refractivity (Wildman–Crippen MR) is 49.7 cm³/mol. The summed E-state index contributed by atoms with van der Waals surface area (Å²) in [5.41, 5.74) is 0. The maximum Gasteiger partial charge on any atom is 0.298 e. The molecular weight excluding hydrogens is 279 g/mol. The number of hydrogen-bond acceptors (Lipinski definition) is 4. The molecule has 0 amide bonds. The standard InChI is InChI=1S/C6H5IO3S/c7-6-1-4(10-3-9)5(2-8)11-6/h1,3,8H,2H2. The highest BCUT2D eigenvalue weighted by molar-refractivity contribution is 14.1. The van der Waals surface area contributed by atoms with Crippen LogP contribution in [0.3, 0.4) is 0 Å². The summed E-state index contributed by atoms with van der Waals surface area (Å²) in [6, 6.07) is 1.71. The van der Waals surface area contributed by atoms with Crippen LogP contribution >= 0.6 is 33.9 Å². The molecule has 0 saturated heterocycles. The number of carbonyl (C=O) groups excluding carboxylic acids is 1. The molecule has 1 aromatic heterocycles. The van der Waals surface area contributed by atoms with Gasteiger partial charge in [0.15, 0.2) is 0 Å². The lowest BCUT2D eigenvalue weighted by Crippen LogP contribution is -1.89. The third kappa shape index (κ3) is 2.14. The average Bonchev–Trinajstić information content (AvgIpc) is 2.32. The quantitative estimate of drug-likeness (QED) is 0.674. The summed E-state index contributed by atoms with van der Waals surface area (Å²) >= 11 is 3.51. The Balaban J connectivity index is 2.91. The number of halogens is 1. The molecule has 0 aromatic carbocycles. The summed E-state index contributed by atoms with van der Waals surface area (Å²) < 4.78 is 5.60. The first-order valence-corrected chi connectivity index (χ1v) is 4.67. The van der Waals surface area contributed by atoms with Crippen molar-refractivity contribution in [2.24, 2.45) is 0 Å². The molecule has 11 heavy (non-hydrogen) atoms. The number of thiophene rings is 1. The summed E-state index contributed by atoms with van der Waals surface area (Å²) in [5, 5.41) is 8.77. The SMILES string of the molecule is O=COc1cc(I)sc1CO. The van der Waals surface area contributed by atoms with E-state index in [2.05, 4.69) is 27.3 Å². The zero-order valence-electron chi connectivity index (χ0n) is 5.41. The Bertz CT molecular complexity index is 258. The van der Waals surface area contributed by atoms with Crippen LogP contribution < -0.4 is 4.74 Å². The van der Waals surface area contributed by atoms with Crippen molar-refractivity contribution in [3.05, 3.63) is 13.8 Å². The first kappa shape index (κ1) is 8.95. The van der Waals surface area contributed by atoms with Gasteiger partial charge in [0, 0.05) is 6.07 Å². The van der Waals surface area contributed by atoms with Crippen LogP contribution in [0.25, 0.3) is 0 Å². The van der Waals surface area contributed by atoms with Crippen LogP contribution in [0.1, 0.15) is 4.88 Å². The minimum Gasteiger partial charge on any atom is -0.427 e. The summed E-state index contributed by atoms with van der Waals surface area (Å²) in [5.74, 6) is 0.455. The summed E-state index contributed by atoms with van der Waals surface area (Å²) in [6.07, 6.45) is 0. The molecule has 60 valence electrons. The van der Waals surface area contributed by atoms with Gasteiger partial charge in [0.25, 0.3) is 6.47 Å². The molecule has 0 fully saturated rings. The molecule has 1 heterocycles. The van der Waals surface area contributed by atoms with Gasteiger partial charge in [-0.25, -0.2) is 0 Å². The molecule has 1 N–H and O–H groups in total. The summed E-state index contributed by atoms with van der Waals surface area (Å²) in [6.45, 7) is 0.272. The number of rotatable bonds is 3. The van der Waals surface area contributed by atoms with E-state index < -0.39 is 0 Å². The molecular formula is C6H5IO3S. The molecule has 5 heteroatoms. The van der Waals surface area contributed by atoms with Crippen molar-refractivity contribution in [3.8, 4) is 5.75 Å². The van der Waals surface area contributed by atoms with E-state index in [0.717, 1.165) is 2.88 Å². The first-order valence-electron chi connectivity index (χ1n) is 2.77. The fourth-order valence-corrected chi connectivity index (χ4v) is 2.40. The minimum atomic E-state index is -0.0865. The second-order valence-electron chi connectivity index (χ2n) is 1.71. The molecule has 0 atom stereocenters. The van der Waals surface area contributed by atoms with Crippen LogP contribution in [-0.4, -0.2) is 11.6 Å². The van der Waals surface area contributed by atoms with Gasteiger partial charge in [-0.3, -0.25) is 4.79 Å². The number of aliphatic hydroxyl groups is 1. The second-order valence-corrected chi connectivity index (χ2v) is 4.74. The van der Waals surface area contributed by atoms with Gasteiger partial charge in [0.2, 0.25) is 0 Å². The van der Waals surface area contributed by atoms with Gasteiger partial charge in [0.1, 0.15) is 5.75 Å². The highest BCUT2D eigenvalue weighted by Crippen LogP contribution is 2.29. The third-order valence-corrected chi connectivity index (χ3v) is 2.92. The number of ether oxygens (including phenoxy) is 1. The second kappa shape index (κ2) is 4.03. The largest absolute Gasteiger partial charge is 0.427 e. The van der Waals surface area contributed by atoms with Crippen molar-refractivity contribution in [1.82, 2.24) is 0 Å². The molecule has 0 aliphatic heterocycles. The van der Waals surface area contributed by atoms with Gasteiger partial charge in [-0.2, -0.15) is 0 Å². The Morgan fingerprint density at radius 3 is 3.09 bits per heavy atom. The van der Waals surface area contributed by atoms with Crippen LogP contribution in [0.2, 0.25) is 0 Å². The zero-order valence-corrected chi connectivity index (χ0v) is 8.39. The van der Waals surface area contributed by atoms with E-state index in [1.165, 1.54) is 11.3 Å². The van der Waals surface area contributed by atoms with Crippen LogP contribution in [-0.2, 0) is 11.4 Å². The van der Waals surface area contributed by atoms with E-state index >= 15 is 0 Å². The Morgan fingerprint density at radius 1 is 1.82 bits per heavy atom. The van der Waals surface area contributed by atoms with Gasteiger partial charge in [-0.15, -0.1) is 11.3 Å².